The topological polar surface area (TPSA) is 101 Å². The number of rotatable bonds is 8. The fourth-order valence-corrected chi connectivity index (χ4v) is 3.73. The van der Waals surface area contributed by atoms with E-state index in [1.54, 1.807) is 0 Å². The van der Waals surface area contributed by atoms with Gasteiger partial charge in [-0.25, -0.2) is 17.2 Å². The number of sulfonamides is 1. The summed E-state index contributed by atoms with van der Waals surface area (Å²) < 4.78 is 53.5. The fraction of sp³-hybridized carbons (Fsp3) is 0.667. The molecule has 2 N–H and O–H groups in total. The molecule has 1 aromatic heterocycles. The molecule has 0 bridgehead atoms. The van der Waals surface area contributed by atoms with E-state index in [4.69, 9.17) is 5.11 Å². The largest absolute Gasteiger partial charge is 0.480 e. The van der Waals surface area contributed by atoms with Crippen molar-refractivity contribution in [2.75, 3.05) is 0 Å². The molecule has 0 radical (unpaired) electrons. The summed E-state index contributed by atoms with van der Waals surface area (Å²) in [7, 11) is -3.21. The number of aryl methyl sites for hydroxylation is 2. The van der Waals surface area contributed by atoms with Crippen LogP contribution in [0, 0.1) is 6.92 Å². The Morgan fingerprint density at radius 2 is 2.05 bits per heavy atom. The molecule has 0 aromatic carbocycles. The van der Waals surface area contributed by atoms with Crippen molar-refractivity contribution in [1.82, 2.24) is 14.5 Å². The van der Waals surface area contributed by atoms with Crippen LogP contribution in [-0.4, -0.2) is 35.3 Å². The van der Waals surface area contributed by atoms with Gasteiger partial charge in [0.05, 0.1) is 11.3 Å². The van der Waals surface area contributed by atoms with Crippen molar-refractivity contribution >= 4 is 16.0 Å². The van der Waals surface area contributed by atoms with Crippen LogP contribution in [0.5, 0.6) is 0 Å². The molecule has 0 unspecified atom stereocenters. The highest BCUT2D eigenvalue weighted by Gasteiger charge is 2.33. The monoisotopic (exact) mass is 339 g/mol. The predicted molar refractivity (Wildman–Crippen MR) is 74.2 cm³/mol. The summed E-state index contributed by atoms with van der Waals surface area (Å²) in [5.41, 5.74) is -0.826. The number of aliphatic carboxylic acids is 1. The van der Waals surface area contributed by atoms with Gasteiger partial charge in [0, 0.05) is 7.05 Å². The lowest BCUT2D eigenvalue weighted by molar-refractivity contribution is -0.139. The molecule has 22 heavy (non-hydrogen) atoms. The number of carbonyl (C=O) groups is 1. The number of unbranched alkanes of at least 4 members (excludes halogenated alkanes) is 1. The van der Waals surface area contributed by atoms with Crippen molar-refractivity contribution < 1.29 is 27.1 Å². The molecule has 0 spiro atoms. The molecule has 0 saturated carbocycles. The third-order valence-corrected chi connectivity index (χ3v) is 4.72. The van der Waals surface area contributed by atoms with Crippen molar-refractivity contribution in [1.29, 1.82) is 0 Å². The fourth-order valence-electron chi connectivity index (χ4n) is 2.11. The van der Waals surface area contributed by atoms with Crippen LogP contribution < -0.4 is 4.72 Å². The Kier molecular flexibility index (Phi) is 6.00. The van der Waals surface area contributed by atoms with Crippen LogP contribution in [0.15, 0.2) is 5.03 Å². The van der Waals surface area contributed by atoms with Crippen LogP contribution in [0.3, 0.4) is 0 Å². The number of carboxylic acids is 1. The minimum absolute atomic E-state index is 0.0753. The Labute approximate surface area is 127 Å². The minimum atomic E-state index is -4.43. The van der Waals surface area contributed by atoms with Gasteiger partial charge in [-0.3, -0.25) is 9.48 Å². The van der Waals surface area contributed by atoms with Gasteiger partial charge < -0.3 is 5.11 Å². The number of carboxylic acid groups (broad SMARTS) is 1. The molecule has 0 aliphatic carbocycles. The molecule has 0 aliphatic rings. The van der Waals surface area contributed by atoms with Crippen molar-refractivity contribution in [2.45, 2.75) is 50.6 Å². The summed E-state index contributed by atoms with van der Waals surface area (Å²) in [5, 5.41) is 12.0. The van der Waals surface area contributed by atoms with Gasteiger partial charge >= 0.3 is 5.97 Å². The summed E-state index contributed by atoms with van der Waals surface area (Å²) in [4.78, 5) is 11.1. The first-order valence-electron chi connectivity index (χ1n) is 6.68. The number of aromatic nitrogens is 2. The highest BCUT2D eigenvalue weighted by Crippen LogP contribution is 2.29. The van der Waals surface area contributed by atoms with Gasteiger partial charge in [-0.15, -0.1) is 0 Å². The normalized spacial score (nSPS) is 13.5. The zero-order chi connectivity index (χ0) is 17.1. The third-order valence-electron chi connectivity index (χ3n) is 3.13. The van der Waals surface area contributed by atoms with Crippen LogP contribution in [0.2, 0.25) is 0 Å². The zero-order valence-corrected chi connectivity index (χ0v) is 13.3. The number of nitrogens with zero attached hydrogens (tertiary/aromatic N) is 2. The molecule has 126 valence electrons. The second-order valence-corrected chi connectivity index (χ2v) is 6.51. The molecule has 1 heterocycles. The van der Waals surface area contributed by atoms with E-state index < -0.39 is 39.0 Å². The van der Waals surface area contributed by atoms with Crippen LogP contribution in [0.1, 0.15) is 43.9 Å². The molecule has 0 amide bonds. The maximum atomic E-state index is 13.1. The van der Waals surface area contributed by atoms with Gasteiger partial charge in [0.2, 0.25) is 0 Å². The summed E-state index contributed by atoms with van der Waals surface area (Å²) >= 11 is 0. The van der Waals surface area contributed by atoms with Gasteiger partial charge in [-0.1, -0.05) is 19.8 Å². The lowest BCUT2D eigenvalue weighted by atomic mass is 10.1. The predicted octanol–water partition coefficient (Wildman–Crippen LogP) is 1.59. The molecule has 0 fully saturated rings. The van der Waals surface area contributed by atoms with E-state index in [0.717, 1.165) is 4.68 Å². The van der Waals surface area contributed by atoms with Gasteiger partial charge in [0.1, 0.15) is 6.04 Å². The maximum absolute atomic E-state index is 13.1. The van der Waals surface area contributed by atoms with E-state index in [9.17, 15) is 22.0 Å². The van der Waals surface area contributed by atoms with Gasteiger partial charge in [0.15, 0.2) is 5.03 Å². The van der Waals surface area contributed by atoms with E-state index in [0.29, 0.717) is 12.8 Å². The number of hydrogen-bond acceptors (Lipinski definition) is 4. The van der Waals surface area contributed by atoms with Gasteiger partial charge in [-0.05, 0) is 13.3 Å². The average Bonchev–Trinajstić information content (AvgIpc) is 2.69. The first-order chi connectivity index (χ1) is 10.1. The summed E-state index contributed by atoms with van der Waals surface area (Å²) in [6.45, 7) is 3.10. The highest BCUT2D eigenvalue weighted by atomic mass is 32.2. The van der Waals surface area contributed by atoms with Crippen LogP contribution in [-0.2, 0) is 21.9 Å². The molecule has 10 heteroatoms. The number of halogens is 2. The van der Waals surface area contributed by atoms with Gasteiger partial charge in [-0.2, -0.15) is 9.82 Å². The molecule has 1 atom stereocenters. The van der Waals surface area contributed by atoms with Crippen LogP contribution in [0.4, 0.5) is 8.78 Å². The van der Waals surface area contributed by atoms with E-state index >= 15 is 0 Å². The number of hydrogen-bond donors (Lipinski definition) is 2. The Morgan fingerprint density at radius 1 is 1.45 bits per heavy atom. The Balaban J connectivity index is 3.21. The molecular weight excluding hydrogens is 320 g/mol. The van der Waals surface area contributed by atoms with Crippen molar-refractivity contribution in [3.63, 3.8) is 0 Å². The summed E-state index contributed by atoms with van der Waals surface area (Å²) in [6.07, 6.45) is -1.78. The lowest BCUT2D eigenvalue weighted by Gasteiger charge is -2.15. The molecule has 0 aliphatic heterocycles. The molecule has 0 saturated heterocycles. The quantitative estimate of drug-likeness (QED) is 0.749. The van der Waals surface area contributed by atoms with Crippen LogP contribution in [0.25, 0.3) is 0 Å². The van der Waals surface area contributed by atoms with E-state index in [1.165, 1.54) is 14.0 Å². The minimum Gasteiger partial charge on any atom is -0.480 e. The first-order valence-corrected chi connectivity index (χ1v) is 8.16. The molecule has 7 nitrogen and oxygen atoms in total. The molecule has 1 aromatic rings. The summed E-state index contributed by atoms with van der Waals surface area (Å²) in [6, 6.07) is -1.37. The maximum Gasteiger partial charge on any atom is 0.321 e. The van der Waals surface area contributed by atoms with Crippen molar-refractivity contribution in [3.8, 4) is 0 Å². The number of alkyl halides is 2. The Bertz CT molecular complexity index is 643. The first kappa shape index (κ1) is 18.5. The SMILES string of the molecule is CCCC[C@H](NS(=O)(=O)c1c(C(F)F)c(C)nn1C)C(=O)O. The van der Waals surface area contributed by atoms with Crippen molar-refractivity contribution in [3.05, 3.63) is 11.3 Å². The van der Waals surface area contributed by atoms with Gasteiger partial charge in [0.25, 0.3) is 16.4 Å². The molecule has 1 rings (SSSR count). The smallest absolute Gasteiger partial charge is 0.321 e. The lowest BCUT2D eigenvalue weighted by Crippen LogP contribution is -2.41. The second-order valence-electron chi connectivity index (χ2n) is 4.88. The zero-order valence-electron chi connectivity index (χ0n) is 12.5. The highest BCUT2D eigenvalue weighted by molar-refractivity contribution is 7.89. The van der Waals surface area contributed by atoms with Crippen molar-refractivity contribution in [2.24, 2.45) is 7.05 Å². The second kappa shape index (κ2) is 7.14. The Hall–Kier alpha value is -1.55. The van der Waals surface area contributed by atoms with E-state index in [1.807, 2.05) is 11.6 Å². The van der Waals surface area contributed by atoms with Crippen LogP contribution >= 0.6 is 0 Å². The standard InChI is InChI=1S/C12H19F2N3O4S/c1-4-5-6-8(12(18)19)16-22(20,21)11-9(10(13)14)7(2)15-17(11)3/h8,10,16H,4-6H2,1-3H3,(H,18,19)/t8-/m0/s1. The summed E-state index contributed by atoms with van der Waals surface area (Å²) in [5.74, 6) is -1.35. The number of nitrogens with one attached hydrogen (secondary N) is 1. The Morgan fingerprint density at radius 3 is 2.50 bits per heavy atom. The molecular formula is C12H19F2N3O4S. The third kappa shape index (κ3) is 4.01. The van der Waals surface area contributed by atoms with E-state index in [2.05, 4.69) is 5.10 Å². The average molecular weight is 339 g/mol. The van der Waals surface area contributed by atoms with E-state index in [-0.39, 0.29) is 12.1 Å².